The minimum absolute atomic E-state index is 0.110. The molecule has 0 bridgehead atoms. The van der Waals surface area contributed by atoms with Crippen LogP contribution in [0.4, 0.5) is 0 Å². The van der Waals surface area contributed by atoms with E-state index in [1.165, 1.54) is 0 Å². The quantitative estimate of drug-likeness (QED) is 0.487. The van der Waals surface area contributed by atoms with E-state index in [2.05, 4.69) is 17.1 Å². The summed E-state index contributed by atoms with van der Waals surface area (Å²) in [6, 6.07) is 15.5. The van der Waals surface area contributed by atoms with Gasteiger partial charge in [0.1, 0.15) is 11.8 Å². The van der Waals surface area contributed by atoms with Gasteiger partial charge in [-0.3, -0.25) is 0 Å². The molecule has 0 fully saturated rings. The highest BCUT2D eigenvalue weighted by Gasteiger charge is 2.21. The Morgan fingerprint density at radius 3 is 2.61 bits per heavy atom. The summed E-state index contributed by atoms with van der Waals surface area (Å²) in [5, 5.41) is 1.99. The zero-order valence-corrected chi connectivity index (χ0v) is 13.5. The first-order valence-corrected chi connectivity index (χ1v) is 7.89. The van der Waals surface area contributed by atoms with Crippen molar-refractivity contribution in [1.82, 2.24) is 9.55 Å². The third-order valence-electron chi connectivity index (χ3n) is 3.76. The first-order chi connectivity index (χ1) is 11.2. The molecule has 114 valence electrons. The van der Waals surface area contributed by atoms with Gasteiger partial charge in [-0.15, -0.1) is 0 Å². The molecule has 0 spiro atoms. The zero-order chi connectivity index (χ0) is 15.8. The van der Waals surface area contributed by atoms with Crippen molar-refractivity contribution < 1.29 is 4.42 Å². The molecule has 0 amide bonds. The standard InChI is InChI=1S/C18H12Cl2N2O/c19-14-8-13-9-16(23-18(13)15(20)10-14)17(22-7-6-21-11-22)12-4-2-1-3-5-12/h1-11,17H. The van der Waals surface area contributed by atoms with Crippen LogP contribution in [0.25, 0.3) is 11.0 Å². The van der Waals surface area contributed by atoms with Crippen LogP contribution in [0.5, 0.6) is 0 Å². The molecule has 5 heteroatoms. The van der Waals surface area contributed by atoms with Crippen molar-refractivity contribution in [3.05, 3.63) is 88.6 Å². The van der Waals surface area contributed by atoms with E-state index < -0.39 is 0 Å². The number of rotatable bonds is 3. The molecule has 0 aliphatic rings. The van der Waals surface area contributed by atoms with Crippen molar-refractivity contribution in [1.29, 1.82) is 0 Å². The highest BCUT2D eigenvalue weighted by Crippen LogP contribution is 2.35. The van der Waals surface area contributed by atoms with Crippen molar-refractivity contribution in [3.8, 4) is 0 Å². The molecular weight excluding hydrogens is 331 g/mol. The lowest BCUT2D eigenvalue weighted by Crippen LogP contribution is -2.09. The van der Waals surface area contributed by atoms with Crippen LogP contribution in [0.2, 0.25) is 10.0 Å². The third-order valence-corrected chi connectivity index (χ3v) is 4.26. The van der Waals surface area contributed by atoms with Gasteiger partial charge in [-0.05, 0) is 23.8 Å². The summed E-state index contributed by atoms with van der Waals surface area (Å²) < 4.78 is 8.06. The summed E-state index contributed by atoms with van der Waals surface area (Å²) in [5.74, 6) is 0.786. The second kappa shape index (κ2) is 5.76. The van der Waals surface area contributed by atoms with E-state index in [1.54, 1.807) is 18.6 Å². The Balaban J connectivity index is 1.92. The van der Waals surface area contributed by atoms with Crippen LogP contribution in [-0.4, -0.2) is 9.55 Å². The van der Waals surface area contributed by atoms with Crippen LogP contribution in [0.15, 0.2) is 71.7 Å². The highest BCUT2D eigenvalue weighted by atomic mass is 35.5. The number of furan rings is 1. The lowest BCUT2D eigenvalue weighted by atomic mass is 10.0. The van der Waals surface area contributed by atoms with Crippen molar-refractivity contribution >= 4 is 34.2 Å². The summed E-state index contributed by atoms with van der Waals surface area (Å²) in [5.41, 5.74) is 1.75. The van der Waals surface area contributed by atoms with Gasteiger partial charge >= 0.3 is 0 Å². The number of hydrogen-bond donors (Lipinski definition) is 0. The lowest BCUT2D eigenvalue weighted by Gasteiger charge is -2.16. The molecule has 2 aromatic carbocycles. The first kappa shape index (κ1) is 14.4. The van der Waals surface area contributed by atoms with Gasteiger partial charge < -0.3 is 8.98 Å². The number of nitrogens with zero attached hydrogens (tertiary/aromatic N) is 2. The van der Waals surface area contributed by atoms with Crippen molar-refractivity contribution in [2.24, 2.45) is 0 Å². The van der Waals surface area contributed by atoms with Gasteiger partial charge in [-0.2, -0.15) is 0 Å². The Hall–Kier alpha value is -2.23. The van der Waals surface area contributed by atoms with Crippen LogP contribution in [0.3, 0.4) is 0 Å². The zero-order valence-electron chi connectivity index (χ0n) is 12.0. The normalized spacial score (nSPS) is 12.6. The van der Waals surface area contributed by atoms with E-state index in [4.69, 9.17) is 27.6 Å². The second-order valence-corrected chi connectivity index (χ2v) is 6.12. The maximum Gasteiger partial charge on any atom is 0.153 e. The Morgan fingerprint density at radius 1 is 1.04 bits per heavy atom. The summed E-state index contributed by atoms with van der Waals surface area (Å²) in [7, 11) is 0. The van der Waals surface area contributed by atoms with Crippen LogP contribution in [0, 0.1) is 0 Å². The molecule has 23 heavy (non-hydrogen) atoms. The smallest absolute Gasteiger partial charge is 0.153 e. The van der Waals surface area contributed by atoms with Gasteiger partial charge in [-0.25, -0.2) is 4.98 Å². The maximum absolute atomic E-state index is 6.25. The number of imidazole rings is 1. The number of fused-ring (bicyclic) bond motifs is 1. The molecule has 0 radical (unpaired) electrons. The SMILES string of the molecule is Clc1cc(Cl)c2oc(C(c3ccccc3)n3ccnc3)cc2c1. The van der Waals surface area contributed by atoms with Crippen LogP contribution >= 0.6 is 23.2 Å². The van der Waals surface area contributed by atoms with Gasteiger partial charge in [0.25, 0.3) is 0 Å². The molecular formula is C18H12Cl2N2O. The van der Waals surface area contributed by atoms with Gasteiger partial charge in [0.2, 0.25) is 0 Å². The predicted octanol–water partition coefficient (Wildman–Crippen LogP) is 5.57. The number of aromatic nitrogens is 2. The van der Waals surface area contributed by atoms with Gasteiger partial charge in [0, 0.05) is 22.8 Å². The molecule has 3 nitrogen and oxygen atoms in total. The summed E-state index contributed by atoms with van der Waals surface area (Å²) >= 11 is 12.3. The van der Waals surface area contributed by atoms with Crippen LogP contribution in [0.1, 0.15) is 17.4 Å². The second-order valence-electron chi connectivity index (χ2n) is 5.28. The van der Waals surface area contributed by atoms with E-state index in [1.807, 2.05) is 41.1 Å². The molecule has 0 aliphatic carbocycles. The van der Waals surface area contributed by atoms with E-state index in [0.29, 0.717) is 15.6 Å². The Bertz CT molecular complexity index is 946. The fourth-order valence-corrected chi connectivity index (χ4v) is 3.32. The van der Waals surface area contributed by atoms with E-state index in [0.717, 1.165) is 16.7 Å². The highest BCUT2D eigenvalue weighted by molar-refractivity contribution is 6.38. The van der Waals surface area contributed by atoms with Crippen molar-refractivity contribution in [2.75, 3.05) is 0 Å². The average Bonchev–Trinajstić information content (AvgIpc) is 3.19. The summed E-state index contributed by atoms with van der Waals surface area (Å²) in [4.78, 5) is 4.15. The minimum atomic E-state index is -0.110. The van der Waals surface area contributed by atoms with Gasteiger partial charge in [0.15, 0.2) is 5.58 Å². The molecule has 0 saturated carbocycles. The third kappa shape index (κ3) is 2.62. The van der Waals surface area contributed by atoms with Crippen molar-refractivity contribution in [2.45, 2.75) is 6.04 Å². The molecule has 0 N–H and O–H groups in total. The average molecular weight is 343 g/mol. The molecule has 0 saturated heterocycles. The molecule has 4 aromatic rings. The molecule has 2 aromatic heterocycles. The number of benzene rings is 2. The molecule has 4 rings (SSSR count). The monoisotopic (exact) mass is 342 g/mol. The molecule has 0 aliphatic heterocycles. The van der Waals surface area contributed by atoms with E-state index in [9.17, 15) is 0 Å². The summed E-state index contributed by atoms with van der Waals surface area (Å²) in [6.07, 6.45) is 5.45. The summed E-state index contributed by atoms with van der Waals surface area (Å²) in [6.45, 7) is 0. The molecule has 1 atom stereocenters. The maximum atomic E-state index is 6.25. The van der Waals surface area contributed by atoms with Gasteiger partial charge in [0.05, 0.1) is 11.3 Å². The number of halogens is 2. The van der Waals surface area contributed by atoms with Crippen LogP contribution in [-0.2, 0) is 0 Å². The van der Waals surface area contributed by atoms with E-state index >= 15 is 0 Å². The Labute approximate surface area is 143 Å². The molecule has 1 unspecified atom stereocenters. The minimum Gasteiger partial charge on any atom is -0.457 e. The predicted molar refractivity (Wildman–Crippen MR) is 92.1 cm³/mol. The fourth-order valence-electron chi connectivity index (χ4n) is 2.77. The lowest BCUT2D eigenvalue weighted by molar-refractivity contribution is 0.488. The number of hydrogen-bond acceptors (Lipinski definition) is 2. The Kier molecular flexibility index (Phi) is 3.60. The first-order valence-electron chi connectivity index (χ1n) is 7.13. The fraction of sp³-hybridized carbons (Fsp3) is 0.0556. The molecule has 2 heterocycles. The topological polar surface area (TPSA) is 31.0 Å². The largest absolute Gasteiger partial charge is 0.457 e. The van der Waals surface area contributed by atoms with Gasteiger partial charge in [-0.1, -0.05) is 53.5 Å². The Morgan fingerprint density at radius 2 is 1.87 bits per heavy atom. The van der Waals surface area contributed by atoms with Crippen molar-refractivity contribution in [3.63, 3.8) is 0 Å². The van der Waals surface area contributed by atoms with E-state index in [-0.39, 0.29) is 6.04 Å². The van der Waals surface area contributed by atoms with Crippen LogP contribution < -0.4 is 0 Å².